The first-order valence-corrected chi connectivity index (χ1v) is 31.0. The first-order chi connectivity index (χ1) is 41.3. The summed E-state index contributed by atoms with van der Waals surface area (Å²) in [6.07, 6.45) is -39.8. The van der Waals surface area contributed by atoms with Crippen LogP contribution in [0, 0.1) is 50.2 Å². The van der Waals surface area contributed by atoms with Gasteiger partial charge in [-0.15, -0.1) is 0 Å². The summed E-state index contributed by atoms with van der Waals surface area (Å²) in [5.41, 5.74) is -3.50. The standard InChI is InChI=1S/C59H96O29/c1-54(2)11-13-59(14-12-57(5)23(24(59)15-54)7-8-32-55(3)16-25(64)47(56(4,22-63)31(55)9-10-58(32,57)6)87-51-44(77)40(73)36(69)29(19-62)83-51)53(78)88-52-46(86-50-43(76)39(72)35(68)28(18-61)82-50)45(85-49-42(75)38(71)34(67)27(17-60)81-49)37(70)30(84-52)21-80-48-41(74)33(66)26(65)20-79-48/h7,24-52,60-77H,8-22H2,1-6H3/t24-,25-,26+,27+,28+,29+,30+,31+,32+,33-,34+,35+,36+,37+,38-,39-,40-,41+,42+,43+,44+,45-,46+,47-,48-,49-,50-,51-,52-,55-,56-,57+,58+,59-/m0/s1. The molecule has 0 bridgehead atoms. The van der Waals surface area contributed by atoms with Crippen LogP contribution < -0.4 is 0 Å². The summed E-state index contributed by atoms with van der Waals surface area (Å²) in [6.45, 7) is 8.49. The number of aliphatic hydroxyl groups is 18. The van der Waals surface area contributed by atoms with Crippen LogP contribution in [-0.4, -0.2) is 297 Å². The topological polar surface area (TPSA) is 474 Å². The van der Waals surface area contributed by atoms with Crippen LogP contribution >= 0.6 is 0 Å². The third-order valence-corrected chi connectivity index (χ3v) is 23.2. The summed E-state index contributed by atoms with van der Waals surface area (Å²) in [7, 11) is 0. The summed E-state index contributed by atoms with van der Waals surface area (Å²) in [6, 6.07) is 0. The summed E-state index contributed by atoms with van der Waals surface area (Å²) in [4.78, 5) is 16.0. The number of ether oxygens (including phenoxy) is 10. The monoisotopic (exact) mass is 1270 g/mol. The zero-order valence-corrected chi connectivity index (χ0v) is 50.5. The lowest BCUT2D eigenvalue weighted by atomic mass is 9.33. The molecule has 18 N–H and O–H groups in total. The molecule has 9 fully saturated rings. The Morgan fingerprint density at radius 1 is 0.523 bits per heavy atom. The fourth-order valence-electron chi connectivity index (χ4n) is 17.7. The van der Waals surface area contributed by atoms with Crippen LogP contribution in [0.2, 0.25) is 0 Å². The first-order valence-electron chi connectivity index (χ1n) is 31.0. The van der Waals surface area contributed by atoms with Crippen molar-refractivity contribution in [1.29, 1.82) is 0 Å². The molecular formula is C59H96O29. The molecule has 5 aliphatic heterocycles. The maximum atomic E-state index is 16.0. The van der Waals surface area contributed by atoms with Gasteiger partial charge in [-0.25, -0.2) is 0 Å². The zero-order chi connectivity index (χ0) is 64.3. The maximum absolute atomic E-state index is 16.0. The number of carbonyl (C=O) groups is 1. The van der Waals surface area contributed by atoms with Gasteiger partial charge in [-0.05, 0) is 97.2 Å². The Labute approximate surface area is 509 Å². The summed E-state index contributed by atoms with van der Waals surface area (Å²) >= 11 is 0. The fraction of sp³-hybridized carbons (Fsp3) is 0.949. The van der Waals surface area contributed by atoms with E-state index in [2.05, 4.69) is 40.7 Å². The van der Waals surface area contributed by atoms with Crippen molar-refractivity contribution in [2.45, 2.75) is 259 Å². The third-order valence-electron chi connectivity index (χ3n) is 23.2. The molecule has 0 amide bonds. The Hall–Kier alpha value is -1.87. The van der Waals surface area contributed by atoms with Crippen LogP contribution in [0.4, 0.5) is 0 Å². The van der Waals surface area contributed by atoms with Crippen molar-refractivity contribution in [2.75, 3.05) is 39.6 Å². The van der Waals surface area contributed by atoms with Gasteiger partial charge in [0, 0.05) is 5.41 Å². The summed E-state index contributed by atoms with van der Waals surface area (Å²) < 4.78 is 60.4. The molecule has 10 aliphatic rings. The molecule has 4 saturated carbocycles. The second kappa shape index (κ2) is 25.7. The molecular weight excluding hydrogens is 1170 g/mol. The third kappa shape index (κ3) is 11.5. The van der Waals surface area contributed by atoms with Crippen molar-refractivity contribution in [2.24, 2.45) is 50.2 Å². The lowest BCUT2D eigenvalue weighted by Crippen LogP contribution is -2.69. The van der Waals surface area contributed by atoms with Gasteiger partial charge in [0.25, 0.3) is 0 Å². The van der Waals surface area contributed by atoms with Crippen LogP contribution in [0.15, 0.2) is 11.6 Å². The van der Waals surface area contributed by atoms with E-state index in [0.29, 0.717) is 44.9 Å². The molecule has 0 radical (unpaired) electrons. The lowest BCUT2D eigenvalue weighted by molar-refractivity contribution is -0.391. The van der Waals surface area contributed by atoms with Crippen molar-refractivity contribution in [1.82, 2.24) is 0 Å². The van der Waals surface area contributed by atoms with Gasteiger partial charge >= 0.3 is 5.97 Å². The van der Waals surface area contributed by atoms with Crippen LogP contribution in [0.25, 0.3) is 0 Å². The number of carbonyl (C=O) groups excluding carboxylic acids is 1. The fourth-order valence-corrected chi connectivity index (χ4v) is 17.7. The number of aliphatic hydroxyl groups excluding tert-OH is 18. The van der Waals surface area contributed by atoms with E-state index < -0.39 is 238 Å². The van der Waals surface area contributed by atoms with E-state index in [1.165, 1.54) is 0 Å². The first kappa shape index (κ1) is 69.0. The molecule has 0 aromatic heterocycles. The van der Waals surface area contributed by atoms with E-state index >= 15 is 4.79 Å². The molecule has 0 aromatic rings. The van der Waals surface area contributed by atoms with E-state index in [4.69, 9.17) is 47.4 Å². The normalized spacial score (nSPS) is 54.6. The molecule has 5 heterocycles. The van der Waals surface area contributed by atoms with Gasteiger partial charge in [0.2, 0.25) is 6.29 Å². The van der Waals surface area contributed by atoms with Crippen LogP contribution in [-0.2, 0) is 52.2 Å². The van der Waals surface area contributed by atoms with Gasteiger partial charge in [0.05, 0.1) is 57.3 Å². The predicted octanol–water partition coefficient (Wildman–Crippen LogP) is -5.63. The Morgan fingerprint density at radius 3 is 1.58 bits per heavy atom. The van der Waals surface area contributed by atoms with Crippen molar-refractivity contribution >= 4 is 5.97 Å². The van der Waals surface area contributed by atoms with Crippen LogP contribution in [0.3, 0.4) is 0 Å². The minimum Gasteiger partial charge on any atom is -0.432 e. The minimum absolute atomic E-state index is 0.118. The SMILES string of the molecule is CC1(C)CC[C@]2(C(=O)O[C@@H]3O[C@H](CO[C@@H]4OC[C@@H](O)[C@H](O)[C@H]4O)[C@@H](O)[C@H](O[C@@H]4O[C@H](CO)[C@@H](O)[C@H](O)[C@H]4O)[C@H]3O[C@@H]3O[C@H](CO)[C@@H](O)[C@H](O)[C@H]3O)CC[C@]3(C)C(=CC[C@@H]4[C@@]5(C)C[C@H](O)[C@H](O[C@@H]6O[C@H](CO)[C@@H](O)[C@H](O)[C@H]6O)[C@@](C)(CO)[C@@H]5CC[C@]43C)[C@@H]2C1. The summed E-state index contributed by atoms with van der Waals surface area (Å²) in [5, 5.41) is 196. The molecule has 34 atom stereocenters. The van der Waals surface area contributed by atoms with E-state index in [-0.39, 0.29) is 30.1 Å². The van der Waals surface area contributed by atoms with Crippen LogP contribution in [0.5, 0.6) is 0 Å². The smallest absolute Gasteiger partial charge is 0.315 e. The molecule has 5 saturated heterocycles. The molecule has 0 unspecified atom stereocenters. The van der Waals surface area contributed by atoms with Crippen LogP contribution in [0.1, 0.15) is 99.3 Å². The number of hydrogen-bond acceptors (Lipinski definition) is 29. The second-order valence-corrected chi connectivity index (χ2v) is 28.7. The van der Waals surface area contributed by atoms with Crippen molar-refractivity contribution in [3.8, 4) is 0 Å². The Morgan fingerprint density at radius 2 is 1.03 bits per heavy atom. The predicted molar refractivity (Wildman–Crippen MR) is 292 cm³/mol. The maximum Gasteiger partial charge on any atom is 0.315 e. The van der Waals surface area contributed by atoms with Gasteiger partial charge in [-0.2, -0.15) is 0 Å². The molecule has 5 aliphatic carbocycles. The number of esters is 1. The Balaban J connectivity index is 0.988. The van der Waals surface area contributed by atoms with E-state index in [9.17, 15) is 91.9 Å². The molecule has 0 aromatic carbocycles. The Kier molecular flexibility index (Phi) is 20.1. The number of rotatable bonds is 15. The molecule has 88 heavy (non-hydrogen) atoms. The molecule has 29 nitrogen and oxygen atoms in total. The van der Waals surface area contributed by atoms with E-state index in [0.717, 1.165) is 5.57 Å². The van der Waals surface area contributed by atoms with E-state index in [1.54, 1.807) is 0 Å². The zero-order valence-electron chi connectivity index (χ0n) is 50.5. The summed E-state index contributed by atoms with van der Waals surface area (Å²) in [5.74, 6) is -1.68. The van der Waals surface area contributed by atoms with Gasteiger partial charge < -0.3 is 139 Å². The largest absolute Gasteiger partial charge is 0.432 e. The van der Waals surface area contributed by atoms with Gasteiger partial charge in [-0.1, -0.05) is 53.2 Å². The number of hydrogen-bond donors (Lipinski definition) is 18. The molecule has 10 rings (SSSR count). The Bertz CT molecular complexity index is 2440. The molecule has 0 spiro atoms. The van der Waals surface area contributed by atoms with Crippen molar-refractivity contribution in [3.63, 3.8) is 0 Å². The average Bonchev–Trinajstić information content (AvgIpc) is 0.710. The lowest BCUT2D eigenvalue weighted by Gasteiger charge is -2.72. The minimum atomic E-state index is -2.10. The van der Waals surface area contributed by atoms with Crippen molar-refractivity contribution in [3.05, 3.63) is 11.6 Å². The highest BCUT2D eigenvalue weighted by Crippen LogP contribution is 2.76. The molecule has 29 heteroatoms. The highest BCUT2D eigenvalue weighted by atomic mass is 16.8. The quantitative estimate of drug-likeness (QED) is 0.0413. The number of fused-ring (bicyclic) bond motifs is 7. The second-order valence-electron chi connectivity index (χ2n) is 28.7. The van der Waals surface area contributed by atoms with Gasteiger partial charge in [0.15, 0.2) is 31.3 Å². The van der Waals surface area contributed by atoms with Gasteiger partial charge in [0.1, 0.15) is 110 Å². The highest BCUT2D eigenvalue weighted by molar-refractivity contribution is 5.79. The van der Waals surface area contributed by atoms with E-state index in [1.807, 2.05) is 6.92 Å². The molecule has 506 valence electrons. The average molecular weight is 1270 g/mol. The van der Waals surface area contributed by atoms with Gasteiger partial charge in [-0.3, -0.25) is 4.79 Å². The highest BCUT2D eigenvalue weighted by Gasteiger charge is 2.72. The van der Waals surface area contributed by atoms with Crippen molar-refractivity contribution < 1.29 is 144 Å². The number of allylic oxidation sites excluding steroid dienone is 2.